The van der Waals surface area contributed by atoms with E-state index in [-0.39, 0.29) is 11.3 Å². The molecular weight excluding hydrogens is 476 g/mol. The number of hydrogen-bond acceptors (Lipinski definition) is 7. The number of Topliss-reactive ketones (excluding diaryl/α,β-unsaturated/α-hetero) is 1. The fourth-order valence-electron chi connectivity index (χ4n) is 4.37. The Kier molecular flexibility index (Phi) is 5.97. The minimum atomic E-state index is -0.974. The first kappa shape index (κ1) is 23.6. The second kappa shape index (κ2) is 9.13. The number of thiazole rings is 1. The summed E-state index contributed by atoms with van der Waals surface area (Å²) < 4.78 is 11.9. The predicted molar refractivity (Wildman–Crippen MR) is 140 cm³/mol. The highest BCUT2D eigenvalue weighted by molar-refractivity contribution is 7.22. The van der Waals surface area contributed by atoms with Gasteiger partial charge in [0.05, 0.1) is 30.0 Å². The van der Waals surface area contributed by atoms with Crippen molar-refractivity contribution in [3.05, 3.63) is 88.5 Å². The van der Waals surface area contributed by atoms with E-state index in [0.717, 1.165) is 21.3 Å². The normalized spacial score (nSPS) is 17.1. The van der Waals surface area contributed by atoms with Gasteiger partial charge in [-0.2, -0.15) is 0 Å². The third kappa shape index (κ3) is 3.89. The van der Waals surface area contributed by atoms with Gasteiger partial charge in [-0.25, -0.2) is 4.98 Å². The van der Waals surface area contributed by atoms with E-state index >= 15 is 0 Å². The molecule has 0 radical (unpaired) electrons. The lowest BCUT2D eigenvalue weighted by atomic mass is 9.94. The summed E-state index contributed by atoms with van der Waals surface area (Å²) in [7, 11) is 3.04. The molecule has 5 rings (SSSR count). The molecule has 0 unspecified atom stereocenters. The number of aliphatic hydroxyl groups excluding tert-OH is 1. The van der Waals surface area contributed by atoms with Crippen molar-refractivity contribution in [2.75, 3.05) is 19.1 Å². The Balaban J connectivity index is 1.78. The van der Waals surface area contributed by atoms with Gasteiger partial charge in [-0.05, 0) is 49.7 Å². The van der Waals surface area contributed by atoms with Gasteiger partial charge in [-0.15, -0.1) is 0 Å². The van der Waals surface area contributed by atoms with E-state index in [1.54, 1.807) is 30.3 Å². The highest BCUT2D eigenvalue weighted by atomic mass is 32.1. The topological polar surface area (TPSA) is 89.0 Å². The molecule has 1 fully saturated rings. The minimum absolute atomic E-state index is 0.0363. The van der Waals surface area contributed by atoms with Gasteiger partial charge < -0.3 is 14.6 Å². The fraction of sp³-hybridized carbons (Fsp3) is 0.179. The molecule has 1 saturated heterocycles. The number of nitrogens with zero attached hydrogens (tertiary/aromatic N) is 2. The summed E-state index contributed by atoms with van der Waals surface area (Å²) in [5.41, 5.74) is 3.68. The minimum Gasteiger partial charge on any atom is -0.507 e. The highest BCUT2D eigenvalue weighted by Crippen LogP contribution is 2.47. The third-order valence-electron chi connectivity index (χ3n) is 6.24. The molecule has 4 aromatic rings. The second-order valence-corrected chi connectivity index (χ2v) is 9.62. The molecule has 0 bridgehead atoms. The number of fused-ring (bicyclic) bond motifs is 1. The summed E-state index contributed by atoms with van der Waals surface area (Å²) in [6.07, 6.45) is 0. The van der Waals surface area contributed by atoms with E-state index in [4.69, 9.17) is 9.47 Å². The lowest BCUT2D eigenvalue weighted by molar-refractivity contribution is -0.132. The molecule has 1 aliphatic rings. The van der Waals surface area contributed by atoms with E-state index in [9.17, 15) is 14.7 Å². The molecule has 1 atom stereocenters. The van der Waals surface area contributed by atoms with Crippen LogP contribution < -0.4 is 14.4 Å². The zero-order valence-corrected chi connectivity index (χ0v) is 21.1. The van der Waals surface area contributed by atoms with E-state index in [2.05, 4.69) is 4.98 Å². The van der Waals surface area contributed by atoms with Crippen LogP contribution in [0.3, 0.4) is 0 Å². The Morgan fingerprint density at radius 2 is 1.67 bits per heavy atom. The zero-order valence-electron chi connectivity index (χ0n) is 20.2. The number of hydrogen-bond donors (Lipinski definition) is 1. The molecule has 1 aliphatic heterocycles. The highest BCUT2D eigenvalue weighted by Gasteiger charge is 2.49. The molecule has 7 nitrogen and oxygen atoms in total. The smallest absolute Gasteiger partial charge is 0.301 e. The summed E-state index contributed by atoms with van der Waals surface area (Å²) >= 11 is 1.31. The average Bonchev–Trinajstić information content (AvgIpc) is 3.41. The first-order chi connectivity index (χ1) is 17.3. The Morgan fingerprint density at radius 1 is 0.944 bits per heavy atom. The van der Waals surface area contributed by atoms with Crippen LogP contribution >= 0.6 is 11.3 Å². The van der Waals surface area contributed by atoms with Crippen LogP contribution in [0.15, 0.2) is 66.2 Å². The lowest BCUT2D eigenvalue weighted by Crippen LogP contribution is -2.29. The number of anilines is 1. The number of aryl methyl sites for hydroxylation is 2. The van der Waals surface area contributed by atoms with Crippen LogP contribution in [0.5, 0.6) is 11.5 Å². The maximum Gasteiger partial charge on any atom is 0.301 e. The van der Waals surface area contributed by atoms with Crippen LogP contribution in [0.1, 0.15) is 28.3 Å². The molecule has 182 valence electrons. The van der Waals surface area contributed by atoms with Crippen molar-refractivity contribution in [1.29, 1.82) is 0 Å². The lowest BCUT2D eigenvalue weighted by Gasteiger charge is -2.25. The number of rotatable bonds is 5. The van der Waals surface area contributed by atoms with Crippen LogP contribution in [0.2, 0.25) is 0 Å². The van der Waals surface area contributed by atoms with Crippen molar-refractivity contribution in [2.45, 2.75) is 19.9 Å². The van der Waals surface area contributed by atoms with Gasteiger partial charge in [0.15, 0.2) is 5.13 Å². The Morgan fingerprint density at radius 3 is 2.36 bits per heavy atom. The van der Waals surface area contributed by atoms with Gasteiger partial charge in [0.1, 0.15) is 23.3 Å². The Bertz CT molecular complexity index is 1540. The van der Waals surface area contributed by atoms with Gasteiger partial charge in [0.25, 0.3) is 5.78 Å². The molecule has 36 heavy (non-hydrogen) atoms. The summed E-state index contributed by atoms with van der Waals surface area (Å²) in [5.74, 6) is -0.860. The molecule has 1 aromatic heterocycles. The zero-order chi connectivity index (χ0) is 25.6. The summed E-state index contributed by atoms with van der Waals surface area (Å²) in [6, 6.07) is 17.1. The standard InChI is InChI=1S/C28H24N2O5S/c1-15-5-8-17(9-6-15)25(31)23-24(19-14-18(34-3)10-12-21(19)35-4)30(27(33)26(23)32)28-29-20-11-7-16(2)13-22(20)36-28/h5-14,24,31H,1-4H3/b25-23+/t24-/m1/s1. The van der Waals surface area contributed by atoms with Crippen LogP contribution in [-0.2, 0) is 9.59 Å². The van der Waals surface area contributed by atoms with Crippen molar-refractivity contribution in [3.63, 3.8) is 0 Å². The molecular formula is C28H24N2O5S. The maximum absolute atomic E-state index is 13.5. The van der Waals surface area contributed by atoms with Gasteiger partial charge in [-0.3, -0.25) is 14.5 Å². The molecule has 8 heteroatoms. The van der Waals surface area contributed by atoms with Crippen molar-refractivity contribution in [2.24, 2.45) is 0 Å². The number of aliphatic hydroxyl groups is 1. The van der Waals surface area contributed by atoms with Gasteiger partial charge >= 0.3 is 5.91 Å². The molecule has 1 N–H and O–H groups in total. The van der Waals surface area contributed by atoms with Crippen LogP contribution in [0.4, 0.5) is 5.13 Å². The SMILES string of the molecule is COc1ccc(OC)c([C@@H]2/C(=C(\O)c3ccc(C)cc3)C(=O)C(=O)N2c2nc3ccc(C)cc3s2)c1. The number of carbonyl (C=O) groups excluding carboxylic acids is 2. The number of ether oxygens (including phenoxy) is 2. The van der Waals surface area contributed by atoms with E-state index in [1.165, 1.54) is 30.5 Å². The predicted octanol–water partition coefficient (Wildman–Crippen LogP) is 5.56. The number of ketones is 1. The second-order valence-electron chi connectivity index (χ2n) is 8.61. The fourth-order valence-corrected chi connectivity index (χ4v) is 5.46. The summed E-state index contributed by atoms with van der Waals surface area (Å²) in [4.78, 5) is 33.0. The van der Waals surface area contributed by atoms with Crippen LogP contribution in [0.25, 0.3) is 16.0 Å². The molecule has 3 aromatic carbocycles. The first-order valence-electron chi connectivity index (χ1n) is 11.3. The third-order valence-corrected chi connectivity index (χ3v) is 7.26. The summed E-state index contributed by atoms with van der Waals surface area (Å²) in [5, 5.41) is 11.7. The van der Waals surface area contributed by atoms with Gasteiger partial charge in [-0.1, -0.05) is 47.2 Å². The largest absolute Gasteiger partial charge is 0.507 e. The molecule has 0 aliphatic carbocycles. The van der Waals surface area contributed by atoms with Crippen molar-refractivity contribution < 1.29 is 24.2 Å². The van der Waals surface area contributed by atoms with Gasteiger partial charge in [0.2, 0.25) is 0 Å². The van der Waals surface area contributed by atoms with E-state index in [1.807, 2.05) is 44.2 Å². The quantitative estimate of drug-likeness (QED) is 0.219. The van der Waals surface area contributed by atoms with E-state index < -0.39 is 17.7 Å². The number of carbonyl (C=O) groups is 2. The Hall–Kier alpha value is -4.17. The van der Waals surface area contributed by atoms with Crippen LogP contribution in [-0.4, -0.2) is 36.0 Å². The number of methoxy groups -OCH3 is 2. The monoisotopic (exact) mass is 500 g/mol. The van der Waals surface area contributed by atoms with Crippen LogP contribution in [0, 0.1) is 13.8 Å². The van der Waals surface area contributed by atoms with E-state index in [0.29, 0.717) is 27.8 Å². The molecule has 0 saturated carbocycles. The average molecular weight is 501 g/mol. The number of aromatic nitrogens is 1. The maximum atomic E-state index is 13.5. The first-order valence-corrected chi connectivity index (χ1v) is 12.1. The van der Waals surface area contributed by atoms with Gasteiger partial charge in [0, 0.05) is 11.1 Å². The summed E-state index contributed by atoms with van der Waals surface area (Å²) in [6.45, 7) is 3.91. The molecule has 2 heterocycles. The van der Waals surface area contributed by atoms with Crippen molar-refractivity contribution >= 4 is 44.1 Å². The number of benzene rings is 3. The number of amides is 1. The van der Waals surface area contributed by atoms with Crippen molar-refractivity contribution in [1.82, 2.24) is 4.98 Å². The van der Waals surface area contributed by atoms with Crippen molar-refractivity contribution in [3.8, 4) is 11.5 Å². The molecule has 1 amide bonds. The Labute approximate surface area is 212 Å². The molecule has 0 spiro atoms.